The number of imide groups is 1. The monoisotopic (exact) mass is 502 g/mol. The van der Waals surface area contributed by atoms with Crippen molar-refractivity contribution in [2.24, 2.45) is 0 Å². The first kappa shape index (κ1) is 25.1. The Morgan fingerprint density at radius 2 is 1.75 bits per heavy atom. The van der Waals surface area contributed by atoms with Crippen LogP contribution in [0.25, 0.3) is 6.08 Å². The fourth-order valence-corrected chi connectivity index (χ4v) is 3.99. The van der Waals surface area contributed by atoms with Gasteiger partial charge in [0.1, 0.15) is 12.3 Å². The van der Waals surface area contributed by atoms with Gasteiger partial charge in [-0.15, -0.1) is 6.58 Å². The highest BCUT2D eigenvalue weighted by Crippen LogP contribution is 2.36. The second-order valence-corrected chi connectivity index (χ2v) is 8.75. The second-order valence-electron chi connectivity index (χ2n) is 8.31. The molecule has 1 aliphatic heterocycles. The van der Waals surface area contributed by atoms with Crippen molar-refractivity contribution in [3.63, 3.8) is 0 Å². The van der Waals surface area contributed by atoms with Gasteiger partial charge in [0.25, 0.3) is 5.91 Å². The van der Waals surface area contributed by atoms with Crippen molar-refractivity contribution >= 4 is 35.3 Å². The molecule has 0 saturated carbocycles. The molecular formula is C29H27ClN2O4. The third-order valence-electron chi connectivity index (χ3n) is 5.60. The van der Waals surface area contributed by atoms with E-state index in [1.165, 1.54) is 5.56 Å². The summed E-state index contributed by atoms with van der Waals surface area (Å²) in [4.78, 5) is 26.7. The summed E-state index contributed by atoms with van der Waals surface area (Å²) in [5, 5.41) is 3.18. The van der Waals surface area contributed by atoms with Crippen LogP contribution in [0.1, 0.15) is 29.2 Å². The van der Waals surface area contributed by atoms with Gasteiger partial charge in [0.2, 0.25) is 0 Å². The molecule has 4 rings (SSSR count). The minimum absolute atomic E-state index is 0.162. The van der Waals surface area contributed by atoms with Crippen LogP contribution in [0.3, 0.4) is 0 Å². The number of allylic oxidation sites excluding steroid dienone is 1. The van der Waals surface area contributed by atoms with Gasteiger partial charge in [-0.25, -0.2) is 9.69 Å². The van der Waals surface area contributed by atoms with E-state index in [2.05, 4.69) is 11.9 Å². The number of benzene rings is 3. The molecule has 1 fully saturated rings. The van der Waals surface area contributed by atoms with Crippen LogP contribution < -0.4 is 19.7 Å². The minimum Gasteiger partial charge on any atom is -0.490 e. The Balaban J connectivity index is 1.65. The van der Waals surface area contributed by atoms with E-state index in [-0.39, 0.29) is 5.70 Å². The summed E-state index contributed by atoms with van der Waals surface area (Å²) in [6.07, 6.45) is 3.96. The highest BCUT2D eigenvalue weighted by Gasteiger charge is 2.35. The van der Waals surface area contributed by atoms with Gasteiger partial charge in [0.15, 0.2) is 11.5 Å². The quantitative estimate of drug-likeness (QED) is 0.207. The van der Waals surface area contributed by atoms with E-state index in [9.17, 15) is 9.59 Å². The Morgan fingerprint density at radius 1 is 1.03 bits per heavy atom. The first-order valence-electron chi connectivity index (χ1n) is 11.6. The Bertz CT molecular complexity index is 1310. The molecule has 0 aliphatic carbocycles. The Hall–Kier alpha value is -4.03. The molecular weight excluding hydrogens is 476 g/mol. The van der Waals surface area contributed by atoms with Crippen molar-refractivity contribution in [2.75, 3.05) is 11.5 Å². The smallest absolute Gasteiger partial charge is 0.333 e. The van der Waals surface area contributed by atoms with Crippen molar-refractivity contribution in [2.45, 2.75) is 26.9 Å². The molecule has 1 saturated heterocycles. The summed E-state index contributed by atoms with van der Waals surface area (Å²) in [5.74, 6) is 0.733. The van der Waals surface area contributed by atoms with E-state index in [0.29, 0.717) is 47.4 Å². The van der Waals surface area contributed by atoms with Gasteiger partial charge in [0.05, 0.1) is 12.3 Å². The Morgan fingerprint density at radius 3 is 2.42 bits per heavy atom. The van der Waals surface area contributed by atoms with Crippen molar-refractivity contribution in [3.05, 3.63) is 106 Å². The van der Waals surface area contributed by atoms with Gasteiger partial charge in [-0.2, -0.15) is 0 Å². The molecule has 0 unspecified atom stereocenters. The Kier molecular flexibility index (Phi) is 7.76. The number of nitrogens with zero attached hydrogens (tertiary/aromatic N) is 1. The van der Waals surface area contributed by atoms with E-state index < -0.39 is 11.9 Å². The van der Waals surface area contributed by atoms with Crippen molar-refractivity contribution in [3.8, 4) is 11.5 Å². The number of urea groups is 1. The fourth-order valence-electron chi connectivity index (χ4n) is 3.87. The molecule has 3 aromatic carbocycles. The second kappa shape index (κ2) is 11.1. The maximum absolute atomic E-state index is 13.0. The predicted molar refractivity (Wildman–Crippen MR) is 142 cm³/mol. The highest BCUT2D eigenvalue weighted by molar-refractivity contribution is 6.31. The van der Waals surface area contributed by atoms with Gasteiger partial charge in [0, 0.05) is 10.6 Å². The zero-order valence-corrected chi connectivity index (χ0v) is 21.0. The lowest BCUT2D eigenvalue weighted by Gasteiger charge is -2.17. The van der Waals surface area contributed by atoms with Crippen LogP contribution in [-0.4, -0.2) is 18.5 Å². The molecule has 184 valence electrons. The number of anilines is 1. The van der Waals surface area contributed by atoms with E-state index >= 15 is 0 Å². The number of halogens is 1. The summed E-state index contributed by atoms with van der Waals surface area (Å²) in [7, 11) is 0. The third-order valence-corrected chi connectivity index (χ3v) is 5.85. The molecule has 1 aliphatic rings. The fraction of sp³-hybridized carbons (Fsp3) is 0.172. The number of ether oxygens (including phenoxy) is 2. The molecule has 0 aromatic heterocycles. The topological polar surface area (TPSA) is 67.9 Å². The summed E-state index contributed by atoms with van der Waals surface area (Å²) in [5.41, 5.74) is 4.38. The number of hydrogen-bond donors (Lipinski definition) is 1. The maximum Gasteiger partial charge on any atom is 0.333 e. The zero-order chi connectivity index (χ0) is 25.7. The number of aryl methyl sites for hydroxylation is 1. The molecule has 0 radical (unpaired) electrons. The number of amides is 3. The average Bonchev–Trinajstić information content (AvgIpc) is 3.13. The molecule has 3 aromatic rings. The largest absolute Gasteiger partial charge is 0.490 e. The van der Waals surface area contributed by atoms with Crippen molar-refractivity contribution < 1.29 is 19.1 Å². The van der Waals surface area contributed by atoms with Crippen LogP contribution in [0, 0.1) is 6.92 Å². The van der Waals surface area contributed by atoms with Gasteiger partial charge < -0.3 is 14.8 Å². The molecule has 0 spiro atoms. The normalized spacial score (nSPS) is 14.2. The number of carbonyl (C=O) groups excluding carboxylic acids is 2. The van der Waals surface area contributed by atoms with Crippen LogP contribution in [-0.2, 0) is 17.8 Å². The molecule has 1 heterocycles. The molecule has 3 amide bonds. The lowest BCUT2D eigenvalue weighted by Crippen LogP contribution is -2.30. The molecule has 36 heavy (non-hydrogen) atoms. The number of hydrogen-bond acceptors (Lipinski definition) is 4. The van der Waals surface area contributed by atoms with Gasteiger partial charge in [-0.3, -0.25) is 4.79 Å². The van der Waals surface area contributed by atoms with Crippen molar-refractivity contribution in [1.29, 1.82) is 0 Å². The maximum atomic E-state index is 13.0. The lowest BCUT2D eigenvalue weighted by atomic mass is 10.0. The summed E-state index contributed by atoms with van der Waals surface area (Å²) >= 11 is 5.94. The molecule has 6 nitrogen and oxygen atoms in total. The lowest BCUT2D eigenvalue weighted by molar-refractivity contribution is -0.113. The molecule has 0 bridgehead atoms. The van der Waals surface area contributed by atoms with E-state index in [1.54, 1.807) is 42.5 Å². The Labute approximate surface area is 215 Å². The highest BCUT2D eigenvalue weighted by atomic mass is 35.5. The summed E-state index contributed by atoms with van der Waals surface area (Å²) in [6.45, 7) is 8.63. The number of rotatable bonds is 9. The summed E-state index contributed by atoms with van der Waals surface area (Å²) in [6, 6.07) is 17.8. The average molecular weight is 503 g/mol. The predicted octanol–water partition coefficient (Wildman–Crippen LogP) is 6.45. The zero-order valence-electron chi connectivity index (χ0n) is 20.2. The first-order valence-corrected chi connectivity index (χ1v) is 12.0. The summed E-state index contributed by atoms with van der Waals surface area (Å²) < 4.78 is 12.1. The van der Waals surface area contributed by atoms with Crippen LogP contribution in [0.4, 0.5) is 10.5 Å². The van der Waals surface area contributed by atoms with Gasteiger partial charge >= 0.3 is 6.03 Å². The van der Waals surface area contributed by atoms with Gasteiger partial charge in [-0.05, 0) is 73.9 Å². The third kappa shape index (κ3) is 5.61. The van der Waals surface area contributed by atoms with Gasteiger partial charge in [-0.1, -0.05) is 47.5 Å². The van der Waals surface area contributed by atoms with Crippen LogP contribution in [0.5, 0.6) is 11.5 Å². The minimum atomic E-state index is -0.525. The molecule has 7 heteroatoms. The standard InChI is InChI=1S/C29H27ClN2O4/c1-4-6-22-15-21(16-25-28(33)32(29(34)31-25)24-13-11-23(30)12-14-24)17-26(35-5-2)27(22)36-18-20-9-7-19(3)8-10-20/h4,7-17H,1,5-6,18H2,2-3H3,(H,31,34)/b25-16+. The molecule has 1 N–H and O–H groups in total. The van der Waals surface area contributed by atoms with Crippen LogP contribution >= 0.6 is 11.6 Å². The SMILES string of the molecule is C=CCc1cc(/C=C2/NC(=O)N(c3ccc(Cl)cc3)C2=O)cc(OCC)c1OCc1ccc(C)cc1. The van der Waals surface area contributed by atoms with Crippen LogP contribution in [0.2, 0.25) is 5.02 Å². The van der Waals surface area contributed by atoms with E-state index in [1.807, 2.05) is 44.2 Å². The first-order chi connectivity index (χ1) is 17.4. The van der Waals surface area contributed by atoms with E-state index in [0.717, 1.165) is 16.0 Å². The van der Waals surface area contributed by atoms with Crippen LogP contribution in [0.15, 0.2) is 79.0 Å². The number of nitrogens with one attached hydrogen (secondary N) is 1. The molecule has 0 atom stereocenters. The van der Waals surface area contributed by atoms with Crippen molar-refractivity contribution in [1.82, 2.24) is 5.32 Å². The van der Waals surface area contributed by atoms with E-state index in [4.69, 9.17) is 21.1 Å². The number of carbonyl (C=O) groups is 2.